The zero-order valence-electron chi connectivity index (χ0n) is 5.40. The minimum absolute atomic E-state index is 0. The van der Waals surface area contributed by atoms with Gasteiger partial charge in [0, 0.05) is 6.92 Å². The molecule has 0 heterocycles. The summed E-state index contributed by atoms with van der Waals surface area (Å²) in [6.07, 6.45) is 0. The Morgan fingerprint density at radius 3 is 2.10 bits per heavy atom. The molecule has 0 bridgehead atoms. The summed E-state index contributed by atoms with van der Waals surface area (Å²) in [5, 5.41) is 0. The summed E-state index contributed by atoms with van der Waals surface area (Å²) >= 11 is 0. The Bertz CT molecular complexity index is 195. The van der Waals surface area contributed by atoms with Gasteiger partial charge < -0.3 is 10.9 Å². The molecule has 7 heteroatoms. The van der Waals surface area contributed by atoms with E-state index in [-0.39, 0.29) is 6.15 Å². The summed E-state index contributed by atoms with van der Waals surface area (Å²) in [5.41, 5.74) is 0. The third-order valence-corrected chi connectivity index (χ3v) is 0.827. The van der Waals surface area contributed by atoms with Crippen molar-refractivity contribution in [3.05, 3.63) is 0 Å². The molecule has 0 saturated heterocycles. The number of hydrogen-bond donors (Lipinski definition) is 2. The first-order valence-electron chi connectivity index (χ1n) is 2.00. The average molecular weight is 171 g/mol. The first-order valence-corrected chi connectivity index (χ1v) is 3.61. The Kier molecular flexibility index (Phi) is 5.07. The summed E-state index contributed by atoms with van der Waals surface area (Å²) < 4.78 is 31.5. The van der Waals surface area contributed by atoms with E-state index in [1.807, 2.05) is 0 Å². The van der Waals surface area contributed by atoms with Gasteiger partial charge in [-0.2, -0.15) is 8.42 Å². The van der Waals surface area contributed by atoms with Gasteiger partial charge in [-0.25, -0.2) is 0 Å². The van der Waals surface area contributed by atoms with E-state index in [2.05, 4.69) is 4.74 Å². The minimum Gasteiger partial charge on any atom is -0.447 e. The molecule has 0 aliphatic heterocycles. The van der Waals surface area contributed by atoms with Crippen LogP contribution < -0.4 is 6.15 Å². The van der Waals surface area contributed by atoms with Crippen molar-refractivity contribution in [2.45, 2.75) is 6.92 Å². The Morgan fingerprint density at radius 1 is 1.60 bits per heavy atom. The maximum absolute atomic E-state index is 9.89. The van der Waals surface area contributed by atoms with Gasteiger partial charge in [0.15, 0.2) is 0 Å². The van der Waals surface area contributed by atoms with E-state index in [9.17, 15) is 13.2 Å². The van der Waals surface area contributed by atoms with E-state index in [4.69, 9.17) is 4.55 Å². The van der Waals surface area contributed by atoms with Gasteiger partial charge in [-0.3, -0.25) is 9.35 Å². The Morgan fingerprint density at radius 2 is 2.00 bits per heavy atom. The fourth-order valence-corrected chi connectivity index (χ4v) is 0.472. The molecule has 10 heavy (non-hydrogen) atoms. The Hall–Kier alpha value is -0.660. The van der Waals surface area contributed by atoms with Crippen molar-refractivity contribution in [1.82, 2.24) is 6.15 Å². The highest BCUT2D eigenvalue weighted by Gasteiger charge is 2.04. The standard InChI is InChI=1S/C3H6O5S.H3N/c1-3(4)8-2-9(5,6)7;/h2H2,1H3,(H,5,6,7);1H3. The van der Waals surface area contributed by atoms with Gasteiger partial charge in [0.2, 0.25) is 5.94 Å². The van der Waals surface area contributed by atoms with Crippen molar-refractivity contribution >= 4 is 16.1 Å². The van der Waals surface area contributed by atoms with Gasteiger partial charge in [0.05, 0.1) is 0 Å². The smallest absolute Gasteiger partial charge is 0.303 e. The maximum atomic E-state index is 9.89. The summed E-state index contributed by atoms with van der Waals surface area (Å²) in [4.78, 5) is 9.89. The van der Waals surface area contributed by atoms with Gasteiger partial charge in [0.1, 0.15) is 0 Å². The quantitative estimate of drug-likeness (QED) is 0.429. The van der Waals surface area contributed by atoms with Crippen molar-refractivity contribution in [2.75, 3.05) is 5.94 Å². The molecule has 4 N–H and O–H groups in total. The third-order valence-electron chi connectivity index (χ3n) is 0.411. The second-order valence-corrected chi connectivity index (χ2v) is 2.74. The number of ether oxygens (including phenoxy) is 1. The predicted molar refractivity (Wildman–Crippen MR) is 33.2 cm³/mol. The van der Waals surface area contributed by atoms with Crippen LogP contribution in [-0.2, 0) is 19.6 Å². The first-order chi connectivity index (χ1) is 3.92. The second-order valence-electron chi connectivity index (χ2n) is 1.34. The zero-order valence-corrected chi connectivity index (χ0v) is 6.22. The molecule has 6 nitrogen and oxygen atoms in total. The van der Waals surface area contributed by atoms with E-state index < -0.39 is 22.0 Å². The average Bonchev–Trinajstić information content (AvgIpc) is 1.59. The van der Waals surface area contributed by atoms with Gasteiger partial charge in [-0.05, 0) is 0 Å². The molecule has 0 aromatic heterocycles. The topological polar surface area (TPSA) is 116 Å². The molecule has 0 amide bonds. The maximum Gasteiger partial charge on any atom is 0.303 e. The molecule has 0 aromatic carbocycles. The molecule has 0 radical (unpaired) electrons. The Balaban J connectivity index is 0. The van der Waals surface area contributed by atoms with Crippen molar-refractivity contribution in [3.8, 4) is 0 Å². The van der Waals surface area contributed by atoms with E-state index >= 15 is 0 Å². The van der Waals surface area contributed by atoms with E-state index in [0.29, 0.717) is 0 Å². The van der Waals surface area contributed by atoms with Crippen LogP contribution in [0.15, 0.2) is 0 Å². The zero-order chi connectivity index (χ0) is 7.49. The van der Waals surface area contributed by atoms with Crippen molar-refractivity contribution < 1.29 is 22.5 Å². The molecular formula is C3H9NO5S. The molecule has 62 valence electrons. The SMILES string of the molecule is CC(=O)OCS(=O)(=O)O.N. The van der Waals surface area contributed by atoms with Crippen LogP contribution in [0.2, 0.25) is 0 Å². The van der Waals surface area contributed by atoms with Crippen molar-refractivity contribution in [1.29, 1.82) is 0 Å². The Labute approximate surface area is 58.5 Å². The number of rotatable bonds is 2. The molecule has 0 rings (SSSR count). The van der Waals surface area contributed by atoms with Gasteiger partial charge >= 0.3 is 16.1 Å². The second kappa shape index (κ2) is 4.20. The predicted octanol–water partition coefficient (Wildman–Crippen LogP) is -0.443. The number of esters is 1. The monoisotopic (exact) mass is 171 g/mol. The lowest BCUT2D eigenvalue weighted by Gasteiger charge is -1.95. The lowest BCUT2D eigenvalue weighted by Crippen LogP contribution is -2.10. The van der Waals surface area contributed by atoms with E-state index in [1.54, 1.807) is 0 Å². The van der Waals surface area contributed by atoms with Crippen LogP contribution in [0.4, 0.5) is 0 Å². The lowest BCUT2D eigenvalue weighted by molar-refractivity contribution is -0.139. The normalized spacial score (nSPS) is 9.80. The van der Waals surface area contributed by atoms with Crippen LogP contribution in [0.25, 0.3) is 0 Å². The van der Waals surface area contributed by atoms with E-state index in [0.717, 1.165) is 6.92 Å². The molecule has 0 atom stereocenters. The minimum atomic E-state index is -4.16. The molecule has 0 spiro atoms. The van der Waals surface area contributed by atoms with Crippen LogP contribution in [0.5, 0.6) is 0 Å². The molecular weight excluding hydrogens is 162 g/mol. The number of carbonyl (C=O) groups is 1. The van der Waals surface area contributed by atoms with Crippen LogP contribution in [0, 0.1) is 0 Å². The molecule has 0 aliphatic carbocycles. The van der Waals surface area contributed by atoms with Gasteiger partial charge in [0.25, 0.3) is 0 Å². The molecule has 0 aromatic rings. The molecule has 0 saturated carbocycles. The summed E-state index contributed by atoms with van der Waals surface area (Å²) in [6.45, 7) is 1.05. The van der Waals surface area contributed by atoms with Crippen LogP contribution >= 0.6 is 0 Å². The summed E-state index contributed by atoms with van der Waals surface area (Å²) in [6, 6.07) is 0. The summed E-state index contributed by atoms with van der Waals surface area (Å²) in [5.74, 6) is -1.71. The molecule has 0 unspecified atom stereocenters. The van der Waals surface area contributed by atoms with Crippen LogP contribution in [-0.4, -0.2) is 24.9 Å². The van der Waals surface area contributed by atoms with Crippen LogP contribution in [0.1, 0.15) is 6.92 Å². The number of hydrogen-bond acceptors (Lipinski definition) is 5. The van der Waals surface area contributed by atoms with Gasteiger partial charge in [-0.1, -0.05) is 0 Å². The third kappa shape index (κ3) is 10.3. The number of carbonyl (C=O) groups excluding carboxylic acids is 1. The lowest BCUT2D eigenvalue weighted by atomic mass is 10.8. The van der Waals surface area contributed by atoms with Crippen molar-refractivity contribution in [2.24, 2.45) is 0 Å². The first kappa shape index (κ1) is 12.1. The van der Waals surface area contributed by atoms with Crippen LogP contribution in [0.3, 0.4) is 0 Å². The van der Waals surface area contributed by atoms with Crippen molar-refractivity contribution in [3.63, 3.8) is 0 Å². The fraction of sp³-hybridized carbons (Fsp3) is 0.667. The van der Waals surface area contributed by atoms with Gasteiger partial charge in [-0.15, -0.1) is 0 Å². The molecule has 0 fully saturated rings. The summed E-state index contributed by atoms with van der Waals surface area (Å²) in [7, 11) is -4.16. The highest BCUT2D eigenvalue weighted by molar-refractivity contribution is 7.85. The van der Waals surface area contributed by atoms with E-state index in [1.165, 1.54) is 0 Å². The highest BCUT2D eigenvalue weighted by Crippen LogP contribution is 1.83. The largest absolute Gasteiger partial charge is 0.447 e. The fourth-order valence-electron chi connectivity index (χ4n) is 0.157. The molecule has 0 aliphatic rings. The highest BCUT2D eigenvalue weighted by atomic mass is 32.2.